The summed E-state index contributed by atoms with van der Waals surface area (Å²) in [7, 11) is -10.3. The average Bonchev–Trinajstić information content (AvgIpc) is 1.41. The fourth-order valence-electron chi connectivity index (χ4n) is 0. The van der Waals surface area contributed by atoms with Crippen molar-refractivity contribution in [3.8, 4) is 0 Å². The molecule has 6 nitrogen and oxygen atoms in total. The van der Waals surface area contributed by atoms with E-state index in [1.54, 1.807) is 0 Å². The SMILES string of the molecule is O=S(=O)(O)F.O=S(=O)(O)F.[F][Ti]([F])([F])[F]. The fourth-order valence-corrected chi connectivity index (χ4v) is 0. The van der Waals surface area contributed by atoms with E-state index in [1.165, 1.54) is 0 Å². The monoisotopic (exact) mass is 324 g/mol. The first kappa shape index (κ1) is 20.5. The van der Waals surface area contributed by atoms with Crippen LogP contribution in [0.2, 0.25) is 0 Å². The van der Waals surface area contributed by atoms with Gasteiger partial charge in [0, 0.05) is 0 Å². The topological polar surface area (TPSA) is 109 Å². The first-order chi connectivity index (χ1) is 6.00. The van der Waals surface area contributed by atoms with Crippen LogP contribution in [0.1, 0.15) is 0 Å². The summed E-state index contributed by atoms with van der Waals surface area (Å²) in [5.74, 6) is 0. The molecule has 0 amide bonds. The number of halogens is 6. The van der Waals surface area contributed by atoms with Crippen molar-refractivity contribution >= 4 is 21.0 Å². The van der Waals surface area contributed by atoms with Crippen LogP contribution in [0.4, 0.5) is 20.1 Å². The van der Waals surface area contributed by atoms with Gasteiger partial charge in [0.25, 0.3) is 0 Å². The van der Waals surface area contributed by atoms with Gasteiger partial charge < -0.3 is 0 Å². The molecule has 0 aromatic heterocycles. The summed E-state index contributed by atoms with van der Waals surface area (Å²) >= 11 is -7.00. The Bertz CT molecular complexity index is 284. The van der Waals surface area contributed by atoms with Gasteiger partial charge in [-0.15, -0.1) is 0 Å². The van der Waals surface area contributed by atoms with Crippen molar-refractivity contribution in [3.63, 3.8) is 0 Å². The third kappa shape index (κ3) is 159000. The molecule has 2 N–H and O–H groups in total. The molecule has 0 saturated heterocycles. The van der Waals surface area contributed by atoms with Crippen LogP contribution < -0.4 is 0 Å². The molecular weight excluding hydrogens is 322 g/mol. The molecule has 0 aliphatic heterocycles. The molecule has 0 fully saturated rings. The number of hydrogen-bond donors (Lipinski definition) is 2. The maximum absolute atomic E-state index is 10.2. The normalized spacial score (nSPS) is 11.7. The molecule has 0 aliphatic rings. The molecule has 0 spiro atoms. The predicted molar refractivity (Wildman–Crippen MR) is 29.7 cm³/mol. The Hall–Kier alpha value is 0.114. The quantitative estimate of drug-likeness (QED) is 0.300. The Morgan fingerprint density at radius 2 is 0.733 bits per heavy atom. The van der Waals surface area contributed by atoms with Gasteiger partial charge in [0.1, 0.15) is 0 Å². The molecule has 0 saturated carbocycles. The van der Waals surface area contributed by atoms with Crippen molar-refractivity contribution in [1.29, 1.82) is 0 Å². The van der Waals surface area contributed by atoms with Gasteiger partial charge >= 0.3 is 52.1 Å². The molecule has 0 radical (unpaired) electrons. The van der Waals surface area contributed by atoms with Crippen LogP contribution in [0.15, 0.2) is 0 Å². The van der Waals surface area contributed by atoms with E-state index in [1.807, 2.05) is 0 Å². The van der Waals surface area contributed by atoms with Crippen LogP contribution in [0, 0.1) is 0 Å². The molecule has 96 valence electrons. The molecule has 15 heavy (non-hydrogen) atoms. The van der Waals surface area contributed by atoms with E-state index in [2.05, 4.69) is 0 Å². The summed E-state index contributed by atoms with van der Waals surface area (Å²) in [6, 6.07) is 0. The molecule has 0 atom stereocenters. The molecular formula is H2F6O6S2Ti. The summed E-state index contributed by atoms with van der Waals surface area (Å²) in [6.07, 6.45) is 0. The third-order valence-electron chi connectivity index (χ3n) is 0. The summed E-state index contributed by atoms with van der Waals surface area (Å²) < 4.78 is 108. The van der Waals surface area contributed by atoms with Crippen molar-refractivity contribution in [1.82, 2.24) is 0 Å². The predicted octanol–water partition coefficient (Wildman–Crippen LogP) is 1.20. The van der Waals surface area contributed by atoms with E-state index >= 15 is 0 Å². The van der Waals surface area contributed by atoms with E-state index in [9.17, 15) is 20.1 Å². The summed E-state index contributed by atoms with van der Waals surface area (Å²) in [5, 5.41) is 0. The molecule has 0 aliphatic carbocycles. The second kappa shape index (κ2) is 7.40. The van der Waals surface area contributed by atoms with Gasteiger partial charge in [-0.25, -0.2) is 0 Å². The van der Waals surface area contributed by atoms with Gasteiger partial charge in [-0.1, -0.05) is 7.77 Å². The Morgan fingerprint density at radius 1 is 0.733 bits per heavy atom. The van der Waals surface area contributed by atoms with Crippen molar-refractivity contribution < 1.29 is 64.8 Å². The molecule has 0 aromatic carbocycles. The van der Waals surface area contributed by atoms with Gasteiger partial charge in [0.2, 0.25) is 0 Å². The molecule has 0 aromatic rings. The van der Waals surface area contributed by atoms with Crippen LogP contribution in [-0.4, -0.2) is 25.9 Å². The van der Waals surface area contributed by atoms with E-state index in [-0.39, 0.29) is 0 Å². The molecule has 0 rings (SSSR count). The molecule has 0 bridgehead atoms. The van der Waals surface area contributed by atoms with Gasteiger partial charge in [0.05, 0.1) is 0 Å². The zero-order valence-electron chi connectivity index (χ0n) is 6.11. The van der Waals surface area contributed by atoms with Crippen LogP contribution >= 0.6 is 0 Å². The second-order valence-electron chi connectivity index (χ2n) is 1.25. The van der Waals surface area contributed by atoms with Gasteiger partial charge in [0.15, 0.2) is 0 Å². The minimum atomic E-state index is -7.00. The van der Waals surface area contributed by atoms with Crippen molar-refractivity contribution in [3.05, 3.63) is 0 Å². The molecule has 0 heterocycles. The van der Waals surface area contributed by atoms with Crippen LogP contribution in [0.5, 0.6) is 0 Å². The first-order valence-electron chi connectivity index (χ1n) is 2.10. The molecule has 15 heteroatoms. The average molecular weight is 324 g/mol. The van der Waals surface area contributed by atoms with Crippen LogP contribution in [-0.2, 0) is 39.7 Å². The fraction of sp³-hybridized carbons (Fsp3) is 0. The first-order valence-corrected chi connectivity index (χ1v) is 7.14. The zero-order valence-corrected chi connectivity index (χ0v) is 9.31. The van der Waals surface area contributed by atoms with Gasteiger partial charge in [-0.2, -0.15) is 16.8 Å². The number of hydrogen-bond acceptors (Lipinski definition) is 4. The van der Waals surface area contributed by atoms with Gasteiger partial charge in [-0.05, 0) is 0 Å². The van der Waals surface area contributed by atoms with Crippen molar-refractivity contribution in [2.45, 2.75) is 0 Å². The van der Waals surface area contributed by atoms with Crippen LogP contribution in [0.3, 0.4) is 0 Å². The summed E-state index contributed by atoms with van der Waals surface area (Å²) in [4.78, 5) is 0. The Kier molecular flexibility index (Phi) is 10.1. The maximum atomic E-state index is 10.2. The van der Waals surface area contributed by atoms with E-state index in [0.29, 0.717) is 0 Å². The zero-order chi connectivity index (χ0) is 13.5. The van der Waals surface area contributed by atoms with Crippen molar-refractivity contribution in [2.75, 3.05) is 0 Å². The Morgan fingerprint density at radius 3 is 0.733 bits per heavy atom. The second-order valence-corrected chi connectivity index (χ2v) is 4.24. The van der Waals surface area contributed by atoms with Crippen molar-refractivity contribution in [2.24, 2.45) is 0 Å². The van der Waals surface area contributed by atoms with E-state index in [0.717, 1.165) is 0 Å². The number of rotatable bonds is 0. The Labute approximate surface area is 86.0 Å². The summed E-state index contributed by atoms with van der Waals surface area (Å²) in [6.45, 7) is 0. The Balaban J connectivity index is -0.000000144. The van der Waals surface area contributed by atoms with E-state index in [4.69, 9.17) is 25.9 Å². The standard InChI is InChI=1S/2FHO3S.4FH.Ti/c2*1-5(2,3)4;;;;;/h2*(H,2,3,4);4*1H;/q;;;;;;+4/p-4. The van der Waals surface area contributed by atoms with E-state index < -0.39 is 39.7 Å². The summed E-state index contributed by atoms with van der Waals surface area (Å²) in [5.41, 5.74) is 0. The van der Waals surface area contributed by atoms with Crippen LogP contribution in [0.25, 0.3) is 0 Å². The minimum absolute atomic E-state index is 5.17. The van der Waals surface area contributed by atoms with Gasteiger partial charge in [-0.3, -0.25) is 9.11 Å². The third-order valence-corrected chi connectivity index (χ3v) is 0. The molecule has 0 unspecified atom stereocenters.